The standard InChI is InChI=1S/C16H21N3O5S/c1-17-12-14(25(21,22)19-5-8-23-9-6-19)10-15(17)16(20)18(2)11-13-4-3-7-24-13/h3-4,7,10,12H,5-6,8-9,11H2,1-2H3. The minimum absolute atomic E-state index is 0.117. The number of aryl methyl sites for hydroxylation is 1. The van der Waals surface area contributed by atoms with Crippen molar-refractivity contribution in [1.29, 1.82) is 0 Å². The van der Waals surface area contributed by atoms with Crippen LogP contribution in [0.1, 0.15) is 16.2 Å². The number of sulfonamides is 1. The third-order valence-electron chi connectivity index (χ3n) is 4.13. The second kappa shape index (κ2) is 7.03. The molecule has 1 aliphatic heterocycles. The Morgan fingerprint density at radius 3 is 2.68 bits per heavy atom. The zero-order valence-electron chi connectivity index (χ0n) is 14.2. The Bertz CT molecular complexity index is 835. The molecular formula is C16H21N3O5S. The van der Waals surface area contributed by atoms with Gasteiger partial charge in [-0.3, -0.25) is 4.79 Å². The molecule has 1 saturated heterocycles. The van der Waals surface area contributed by atoms with Gasteiger partial charge in [0.25, 0.3) is 5.91 Å². The summed E-state index contributed by atoms with van der Waals surface area (Å²) in [5.41, 5.74) is 0.306. The molecule has 3 heterocycles. The van der Waals surface area contributed by atoms with Crippen LogP contribution < -0.4 is 0 Å². The Kier molecular flexibility index (Phi) is 4.98. The van der Waals surface area contributed by atoms with Gasteiger partial charge < -0.3 is 18.6 Å². The lowest BCUT2D eigenvalue weighted by Crippen LogP contribution is -2.40. The lowest BCUT2D eigenvalue weighted by molar-refractivity contribution is 0.0730. The van der Waals surface area contributed by atoms with Gasteiger partial charge in [0.1, 0.15) is 16.3 Å². The molecule has 0 saturated carbocycles. The summed E-state index contributed by atoms with van der Waals surface area (Å²) in [6, 6.07) is 4.96. The largest absolute Gasteiger partial charge is 0.467 e. The number of nitrogens with zero attached hydrogens (tertiary/aromatic N) is 3. The summed E-state index contributed by atoms with van der Waals surface area (Å²) in [6.45, 7) is 1.70. The molecule has 136 valence electrons. The number of ether oxygens (including phenoxy) is 1. The highest BCUT2D eigenvalue weighted by Crippen LogP contribution is 2.20. The molecule has 0 bridgehead atoms. The predicted molar refractivity (Wildman–Crippen MR) is 89.5 cm³/mol. The molecule has 8 nitrogen and oxygen atoms in total. The Hall–Kier alpha value is -2.10. The molecule has 0 radical (unpaired) electrons. The molecular weight excluding hydrogens is 346 g/mol. The summed E-state index contributed by atoms with van der Waals surface area (Å²) in [6.07, 6.45) is 3.02. The Morgan fingerprint density at radius 2 is 2.04 bits per heavy atom. The van der Waals surface area contributed by atoms with Gasteiger partial charge in [-0.25, -0.2) is 8.42 Å². The molecule has 0 unspecified atom stereocenters. The van der Waals surface area contributed by atoms with Gasteiger partial charge in [0, 0.05) is 33.4 Å². The van der Waals surface area contributed by atoms with E-state index < -0.39 is 10.0 Å². The van der Waals surface area contributed by atoms with Crippen molar-refractivity contribution >= 4 is 15.9 Å². The van der Waals surface area contributed by atoms with Crippen LogP contribution in [0, 0.1) is 0 Å². The number of morpholine rings is 1. The van der Waals surface area contributed by atoms with Crippen molar-refractivity contribution in [3.63, 3.8) is 0 Å². The zero-order valence-corrected chi connectivity index (χ0v) is 15.0. The Morgan fingerprint density at radius 1 is 1.32 bits per heavy atom. The molecule has 9 heteroatoms. The van der Waals surface area contributed by atoms with Crippen LogP contribution in [0.4, 0.5) is 0 Å². The van der Waals surface area contributed by atoms with Crippen LogP contribution >= 0.6 is 0 Å². The van der Waals surface area contributed by atoms with Gasteiger partial charge in [0.15, 0.2) is 0 Å². The maximum atomic E-state index is 12.7. The van der Waals surface area contributed by atoms with E-state index in [1.807, 2.05) is 0 Å². The topological polar surface area (TPSA) is 85.0 Å². The summed E-state index contributed by atoms with van der Waals surface area (Å²) < 4.78 is 38.8. The van der Waals surface area contributed by atoms with Gasteiger partial charge in [0.05, 0.1) is 26.0 Å². The maximum absolute atomic E-state index is 12.7. The van der Waals surface area contributed by atoms with E-state index in [0.29, 0.717) is 44.3 Å². The van der Waals surface area contributed by atoms with E-state index in [4.69, 9.17) is 9.15 Å². The van der Waals surface area contributed by atoms with Crippen LogP contribution in [0.5, 0.6) is 0 Å². The number of hydrogen-bond donors (Lipinski definition) is 0. The molecule has 25 heavy (non-hydrogen) atoms. The van der Waals surface area contributed by atoms with E-state index in [2.05, 4.69) is 0 Å². The van der Waals surface area contributed by atoms with Crippen LogP contribution in [0.15, 0.2) is 40.0 Å². The maximum Gasteiger partial charge on any atom is 0.270 e. The normalized spacial score (nSPS) is 16.1. The number of rotatable bonds is 5. The average molecular weight is 367 g/mol. The minimum atomic E-state index is -3.63. The zero-order chi connectivity index (χ0) is 18.0. The first kappa shape index (κ1) is 17.7. The van der Waals surface area contributed by atoms with Crippen molar-refractivity contribution in [3.8, 4) is 0 Å². The third-order valence-corrected chi connectivity index (χ3v) is 5.99. The number of aromatic nitrogens is 1. The van der Waals surface area contributed by atoms with Gasteiger partial charge in [0.2, 0.25) is 10.0 Å². The monoisotopic (exact) mass is 367 g/mol. The third kappa shape index (κ3) is 3.63. The van der Waals surface area contributed by atoms with E-state index in [1.165, 1.54) is 26.0 Å². The lowest BCUT2D eigenvalue weighted by Gasteiger charge is -2.25. The van der Waals surface area contributed by atoms with Crippen LogP contribution in [-0.2, 0) is 28.4 Å². The van der Waals surface area contributed by atoms with Crippen LogP contribution in [-0.4, -0.2) is 61.4 Å². The fourth-order valence-corrected chi connectivity index (χ4v) is 4.21. The van der Waals surface area contributed by atoms with Gasteiger partial charge in [-0.2, -0.15) is 4.31 Å². The molecule has 0 N–H and O–H groups in total. The molecule has 2 aromatic rings. The van der Waals surface area contributed by atoms with Crippen molar-refractivity contribution in [3.05, 3.63) is 42.1 Å². The Labute approximate surface area is 146 Å². The number of carbonyl (C=O) groups is 1. The second-order valence-electron chi connectivity index (χ2n) is 5.93. The SMILES string of the molecule is CN(Cc1ccco1)C(=O)c1cc(S(=O)(=O)N2CCOCC2)cn1C. The average Bonchev–Trinajstić information content (AvgIpc) is 3.24. The van der Waals surface area contributed by atoms with Gasteiger partial charge in [-0.15, -0.1) is 0 Å². The van der Waals surface area contributed by atoms with Crippen molar-refractivity contribution < 1.29 is 22.4 Å². The van der Waals surface area contributed by atoms with E-state index in [0.717, 1.165) is 0 Å². The number of hydrogen-bond acceptors (Lipinski definition) is 5. The number of furan rings is 1. The lowest BCUT2D eigenvalue weighted by atomic mass is 10.3. The minimum Gasteiger partial charge on any atom is -0.467 e. The molecule has 0 spiro atoms. The summed E-state index contributed by atoms with van der Waals surface area (Å²) in [4.78, 5) is 14.2. The summed E-state index contributed by atoms with van der Waals surface area (Å²) in [5.74, 6) is 0.383. The van der Waals surface area contributed by atoms with Crippen molar-refractivity contribution in [2.45, 2.75) is 11.4 Å². The van der Waals surface area contributed by atoms with Crippen molar-refractivity contribution in [2.75, 3.05) is 33.4 Å². The van der Waals surface area contributed by atoms with Crippen molar-refractivity contribution in [1.82, 2.24) is 13.8 Å². The van der Waals surface area contributed by atoms with E-state index in [9.17, 15) is 13.2 Å². The molecule has 0 aromatic carbocycles. The molecule has 3 rings (SSSR count). The summed E-state index contributed by atoms with van der Waals surface area (Å²) in [7, 11) is -0.324. The first-order valence-electron chi connectivity index (χ1n) is 7.91. The van der Waals surface area contributed by atoms with Gasteiger partial charge in [-0.1, -0.05) is 0 Å². The van der Waals surface area contributed by atoms with E-state index in [-0.39, 0.29) is 10.8 Å². The summed E-state index contributed by atoms with van der Waals surface area (Å²) in [5, 5.41) is 0. The summed E-state index contributed by atoms with van der Waals surface area (Å²) >= 11 is 0. The molecule has 1 amide bonds. The first-order valence-corrected chi connectivity index (χ1v) is 9.35. The number of carbonyl (C=O) groups excluding carboxylic acids is 1. The van der Waals surface area contributed by atoms with Gasteiger partial charge >= 0.3 is 0 Å². The second-order valence-corrected chi connectivity index (χ2v) is 7.87. The molecule has 2 aromatic heterocycles. The fourth-order valence-electron chi connectivity index (χ4n) is 2.73. The predicted octanol–water partition coefficient (Wildman–Crippen LogP) is 0.911. The van der Waals surface area contributed by atoms with Gasteiger partial charge in [-0.05, 0) is 18.2 Å². The molecule has 0 atom stereocenters. The Balaban J connectivity index is 1.80. The van der Waals surface area contributed by atoms with Crippen LogP contribution in [0.25, 0.3) is 0 Å². The highest BCUT2D eigenvalue weighted by molar-refractivity contribution is 7.89. The van der Waals surface area contributed by atoms with Crippen LogP contribution in [0.2, 0.25) is 0 Å². The van der Waals surface area contributed by atoms with E-state index in [1.54, 1.807) is 32.5 Å². The highest BCUT2D eigenvalue weighted by atomic mass is 32.2. The highest BCUT2D eigenvalue weighted by Gasteiger charge is 2.29. The number of amides is 1. The molecule has 0 aliphatic carbocycles. The van der Waals surface area contributed by atoms with Crippen LogP contribution in [0.3, 0.4) is 0 Å². The fraction of sp³-hybridized carbons (Fsp3) is 0.438. The smallest absolute Gasteiger partial charge is 0.270 e. The van der Waals surface area contributed by atoms with E-state index >= 15 is 0 Å². The molecule has 1 fully saturated rings. The first-order chi connectivity index (χ1) is 11.9. The quantitative estimate of drug-likeness (QED) is 0.784. The van der Waals surface area contributed by atoms with Crippen molar-refractivity contribution in [2.24, 2.45) is 7.05 Å². The molecule has 1 aliphatic rings.